The summed E-state index contributed by atoms with van der Waals surface area (Å²) >= 11 is 0. The van der Waals surface area contributed by atoms with Crippen LogP contribution in [0.5, 0.6) is 0 Å². The number of carbonyl (C=O) groups is 4. The van der Waals surface area contributed by atoms with Gasteiger partial charge in [-0.3, -0.25) is 19.2 Å². The zero-order chi connectivity index (χ0) is 108. The molecule has 12 aliphatic heterocycles. The molecular formula is C83H140N4O60. The van der Waals surface area contributed by atoms with Crippen LogP contribution < -0.4 is 21.3 Å². The highest BCUT2D eigenvalue weighted by molar-refractivity contribution is 5.74. The molecule has 4 amide bonds. The van der Waals surface area contributed by atoms with Crippen molar-refractivity contribution in [1.29, 1.82) is 0 Å². The fraction of sp³-hybridized carbons (Fsp3) is 0.952. The third-order valence-electron chi connectivity index (χ3n) is 27.2. The zero-order valence-corrected chi connectivity index (χ0v) is 80.2. The second-order valence-electron chi connectivity index (χ2n) is 37.1. The molecule has 0 aromatic carbocycles. The molecule has 0 bridgehead atoms. The molecule has 0 saturated carbocycles. The lowest BCUT2D eigenvalue weighted by Gasteiger charge is -2.52. The SMILES string of the molecule is CO[C@H]1[C@@H](O)[C@@H](CO)O[C@@H](OC[C@H]2O[C@@H](OC[C@H]3O[C@@H](O[C@H]4[C@@H](O)[C@@H](CO[C@@H]5O[C@H](CO)[C@H](O)[C@H](OC)[C@H]5O)O[C@@H](O[C@H]5[C@H](O)[C@@H](NC(C)=O)[C@H](O[C@@H]6[C@@H](O[C@H]7[C@H](O)[C@@H](CO[C@H]8O[C@H](CO)[C@@H](O)[C@H](O)[C@@H]8O)O[C@@H](O[C@H]8[C@H](O)[C@@H](NC(C)=O)[C@H](O[C@H]9[C@H](O)[C@@H](NC(C)=O)[C@H](O)O[C@@H]9CO)O[C@@H]8CO)[C@H]7O[C@@H]7OC[C@@H](O)[C@H](O)[C@H]7O)O[C@H](CO)[C@@H](O)[C@@H]6O)O[C@@H]5CO)[C@@H]4NC(C)=O)[C@H](O)[C@@H](OC)[C@H]3O)[C@H](O)[C@@H](OC)[C@H]2O)[C@@H]1O. The van der Waals surface area contributed by atoms with Crippen LogP contribution in [0.4, 0.5) is 0 Å². The number of ether oxygens (including phenoxy) is 27. The summed E-state index contributed by atoms with van der Waals surface area (Å²) in [5.74, 6) is -3.91. The van der Waals surface area contributed by atoms with E-state index in [2.05, 4.69) is 21.3 Å². The molecule has 0 aromatic heterocycles. The summed E-state index contributed by atoms with van der Waals surface area (Å²) in [5, 5.41) is 340. The van der Waals surface area contributed by atoms with Gasteiger partial charge in [-0.05, 0) is 0 Å². The minimum Gasteiger partial charge on any atom is -0.394 e. The van der Waals surface area contributed by atoms with Crippen molar-refractivity contribution in [1.82, 2.24) is 21.3 Å². The summed E-state index contributed by atoms with van der Waals surface area (Å²) in [7, 11) is 4.35. The molecule has 12 rings (SSSR count). The molecule has 0 aliphatic carbocycles. The van der Waals surface area contributed by atoms with E-state index in [1.54, 1.807) is 0 Å². The summed E-state index contributed by atoms with van der Waals surface area (Å²) in [6, 6.07) is -7.97. The van der Waals surface area contributed by atoms with Crippen LogP contribution in [0.15, 0.2) is 0 Å². The van der Waals surface area contributed by atoms with Crippen LogP contribution in [-0.4, -0.2) is 642 Å². The van der Waals surface area contributed by atoms with E-state index in [4.69, 9.17) is 128 Å². The van der Waals surface area contributed by atoms with Gasteiger partial charge < -0.3 is 297 Å². The van der Waals surface area contributed by atoms with Crippen molar-refractivity contribution in [3.8, 4) is 0 Å². The largest absolute Gasteiger partial charge is 0.394 e. The Morgan fingerprint density at radius 1 is 0.218 bits per heavy atom. The molecule has 0 radical (unpaired) electrons. The Balaban J connectivity index is 0.868. The third-order valence-corrected chi connectivity index (χ3v) is 27.2. The van der Waals surface area contributed by atoms with E-state index in [0.717, 1.165) is 56.1 Å². The second-order valence-corrected chi connectivity index (χ2v) is 37.1. The molecule has 33 N–H and O–H groups in total. The summed E-state index contributed by atoms with van der Waals surface area (Å²) < 4.78 is 161. The van der Waals surface area contributed by atoms with E-state index >= 15 is 0 Å². The lowest BCUT2D eigenvalue weighted by Crippen LogP contribution is -2.72. The minimum atomic E-state index is -2.58. The number of rotatable bonds is 41. The van der Waals surface area contributed by atoms with Crippen molar-refractivity contribution < 1.29 is 295 Å². The van der Waals surface area contributed by atoms with Gasteiger partial charge in [-0.15, -0.1) is 0 Å². The highest BCUT2D eigenvalue weighted by Crippen LogP contribution is 2.43. The van der Waals surface area contributed by atoms with Crippen LogP contribution >= 0.6 is 0 Å². The van der Waals surface area contributed by atoms with Gasteiger partial charge in [0.1, 0.15) is 287 Å². The Bertz CT molecular complexity index is 4020. The Kier molecular flexibility index (Phi) is 44.6. The number of hydrogen-bond donors (Lipinski definition) is 33. The Labute approximate surface area is 835 Å². The predicted molar refractivity (Wildman–Crippen MR) is 454 cm³/mol. The standard InChI is InChI=1S/C83H140N4O60/c1-21(95)84-37-50(109)61(30(13-92)130-72(37)120)141-73-38(85-22(2)96)52(111)63(32(15-94)135-73)143-83-71(147-77-55(114)41(100)25(99)16-125-77)69(49(108)36(140-83)20-126-76-56(115)53(112)42(101)26(9-88)131-76)145-82-70(54(113)43(102)27(10-89)134-82)146-74-39(86-23(3)97)51(110)62(31(14-93)136-74)142-75-40(87-24(4)98)64(46(105)33(137-75)17-127-78-57(116)65(121-5)44(103)28(11-90)132-78)144-81-60(119)68(124-8)48(107)35(139-81)19-129-80-59(118)67(123-7)47(106)34(138-80)18-128-79-58(117)66(122-6)45(104)29(12-91)133-79/h25-83,88-94,99-120H,9-20H2,1-8H3,(H,84,95)(H,85,96)(H,86,97)(H,87,98)/t25-,26-,27-,28-,29-,30-,31-,32-,33-,34-,35-,36-,37-,38-,39-,40-,41+,42-,43-,44+,45+,46+,47+,48+,49-,50-,51-,52-,53+,54+,55-,56+,57-,58-,59-,60-,61-,62-,63-,64-,65+,66+,67+,68+,69+,70+,71+,72-,73+,74+,75+,76+,77+,78-,79-,80-,81+,82-,83+/m1/s1. The highest BCUT2D eigenvalue weighted by Gasteiger charge is 2.64. The Hall–Kier alpha value is -4.36. The van der Waals surface area contributed by atoms with Crippen LogP contribution in [0.25, 0.3) is 0 Å². The molecule has 59 atom stereocenters. The molecule has 64 nitrogen and oxygen atoms in total. The Morgan fingerprint density at radius 2 is 0.476 bits per heavy atom. The van der Waals surface area contributed by atoms with Crippen LogP contribution in [-0.2, 0) is 147 Å². The van der Waals surface area contributed by atoms with Gasteiger partial charge in [0.2, 0.25) is 23.6 Å². The van der Waals surface area contributed by atoms with Crippen molar-refractivity contribution >= 4 is 23.6 Å². The minimum absolute atomic E-state index is 0.692. The van der Waals surface area contributed by atoms with Gasteiger partial charge in [0.25, 0.3) is 0 Å². The van der Waals surface area contributed by atoms with Crippen LogP contribution in [0.1, 0.15) is 27.7 Å². The molecule has 0 spiro atoms. The number of carbonyl (C=O) groups excluding carboxylic acids is 4. The summed E-state index contributed by atoms with van der Waals surface area (Å²) in [4.78, 5) is 53.0. The first kappa shape index (κ1) is 121. The molecule has 12 aliphatic rings. The third kappa shape index (κ3) is 27.2. The van der Waals surface area contributed by atoms with Gasteiger partial charge in [0.15, 0.2) is 75.5 Å². The van der Waals surface area contributed by atoms with E-state index in [0.29, 0.717) is 0 Å². The number of methoxy groups -OCH3 is 4. The van der Waals surface area contributed by atoms with Crippen LogP contribution in [0, 0.1) is 0 Å². The smallest absolute Gasteiger partial charge is 0.217 e. The van der Waals surface area contributed by atoms with Gasteiger partial charge >= 0.3 is 0 Å². The van der Waals surface area contributed by atoms with Crippen molar-refractivity contribution in [2.45, 2.75) is 390 Å². The molecule has 12 heterocycles. The van der Waals surface area contributed by atoms with Gasteiger partial charge in [0.05, 0.1) is 79.3 Å². The average molecular weight is 2150 g/mol. The van der Waals surface area contributed by atoms with Crippen molar-refractivity contribution in [2.75, 3.05) is 108 Å². The van der Waals surface area contributed by atoms with Gasteiger partial charge in [0, 0.05) is 56.1 Å². The van der Waals surface area contributed by atoms with E-state index in [-0.39, 0.29) is 0 Å². The van der Waals surface area contributed by atoms with Crippen molar-refractivity contribution in [2.24, 2.45) is 0 Å². The van der Waals surface area contributed by atoms with Crippen LogP contribution in [0.3, 0.4) is 0 Å². The molecular weight excluding hydrogens is 2010 g/mol. The first-order valence-electron chi connectivity index (χ1n) is 47.1. The number of aliphatic hydroxyl groups is 29. The summed E-state index contributed by atoms with van der Waals surface area (Å²) in [5.41, 5.74) is 0. The predicted octanol–water partition coefficient (Wildman–Crippen LogP) is -23.3. The second kappa shape index (κ2) is 54.1. The van der Waals surface area contributed by atoms with Crippen LogP contribution in [0.2, 0.25) is 0 Å². The lowest BCUT2D eigenvalue weighted by atomic mass is 9.93. The topological polar surface area (TPSA) is 952 Å². The number of hydrogen-bond acceptors (Lipinski definition) is 60. The quantitative estimate of drug-likeness (QED) is 0.0270. The molecule has 0 aromatic rings. The molecule has 12 saturated heterocycles. The van der Waals surface area contributed by atoms with E-state index < -0.39 is 465 Å². The number of amides is 4. The molecule has 12 fully saturated rings. The summed E-state index contributed by atoms with van der Waals surface area (Å²) in [6.45, 7) is -8.59. The molecule has 0 unspecified atom stereocenters. The number of nitrogens with one attached hydrogen (secondary N) is 4. The fourth-order valence-electron chi connectivity index (χ4n) is 19.4. The molecule has 64 heteroatoms. The highest BCUT2D eigenvalue weighted by atomic mass is 16.8. The lowest BCUT2D eigenvalue weighted by molar-refractivity contribution is -0.411. The maximum Gasteiger partial charge on any atom is 0.217 e. The normalized spacial score (nSPS) is 49.1. The van der Waals surface area contributed by atoms with Gasteiger partial charge in [-0.1, -0.05) is 0 Å². The van der Waals surface area contributed by atoms with Crippen molar-refractivity contribution in [3.05, 3.63) is 0 Å². The number of aliphatic hydroxyl groups excluding tert-OH is 29. The molecule has 147 heavy (non-hydrogen) atoms. The maximum atomic E-state index is 13.8. The first-order valence-corrected chi connectivity index (χ1v) is 47.1. The van der Waals surface area contributed by atoms with E-state index in [9.17, 15) is 167 Å². The summed E-state index contributed by atoms with van der Waals surface area (Å²) in [6.07, 6.45) is -112. The molecule has 852 valence electrons. The average Bonchev–Trinajstić information content (AvgIpc) is 0.753. The van der Waals surface area contributed by atoms with E-state index in [1.807, 2.05) is 0 Å². The van der Waals surface area contributed by atoms with Gasteiger partial charge in [-0.2, -0.15) is 0 Å². The zero-order valence-electron chi connectivity index (χ0n) is 80.2. The maximum absolute atomic E-state index is 13.8. The first-order chi connectivity index (χ1) is 69.8. The van der Waals surface area contributed by atoms with E-state index in [1.165, 1.54) is 0 Å². The van der Waals surface area contributed by atoms with Gasteiger partial charge in [-0.25, -0.2) is 0 Å². The monoisotopic (exact) mass is 2150 g/mol. The van der Waals surface area contributed by atoms with Crippen molar-refractivity contribution in [3.63, 3.8) is 0 Å². The fourth-order valence-corrected chi connectivity index (χ4v) is 19.4. The Morgan fingerprint density at radius 3 is 0.884 bits per heavy atom.